The van der Waals surface area contributed by atoms with Crippen molar-refractivity contribution in [1.29, 1.82) is 0 Å². The van der Waals surface area contributed by atoms with E-state index in [1.165, 1.54) is 11.1 Å². The van der Waals surface area contributed by atoms with Crippen molar-refractivity contribution in [2.24, 2.45) is 11.7 Å². The lowest BCUT2D eigenvalue weighted by Crippen LogP contribution is -2.34. The quantitative estimate of drug-likeness (QED) is 0.903. The maximum Gasteiger partial charge on any atom is 0.223 e. The van der Waals surface area contributed by atoms with Gasteiger partial charge in [-0.15, -0.1) is 0 Å². The maximum atomic E-state index is 12.8. The van der Waals surface area contributed by atoms with Crippen LogP contribution in [0.1, 0.15) is 47.6 Å². The van der Waals surface area contributed by atoms with Gasteiger partial charge in [0.1, 0.15) is 0 Å². The molecule has 0 saturated heterocycles. The van der Waals surface area contributed by atoms with E-state index in [1.54, 1.807) is 0 Å². The van der Waals surface area contributed by atoms with E-state index in [0.717, 1.165) is 30.4 Å². The van der Waals surface area contributed by atoms with Gasteiger partial charge in [0, 0.05) is 12.0 Å². The number of carbonyl (C=O) groups excluding carboxylic acids is 1. The fourth-order valence-electron chi connectivity index (χ4n) is 3.57. The molecule has 2 aromatic rings. The van der Waals surface area contributed by atoms with E-state index < -0.39 is 0 Å². The van der Waals surface area contributed by atoms with E-state index in [2.05, 4.69) is 55.6 Å². The normalized spacial score (nSPS) is 20.3. The highest BCUT2D eigenvalue weighted by atomic mass is 16.1. The second-order valence-electron chi connectivity index (χ2n) is 7.04. The summed E-state index contributed by atoms with van der Waals surface area (Å²) in [6, 6.07) is 16.8. The summed E-state index contributed by atoms with van der Waals surface area (Å²) in [5.74, 6) is 0.160. The molecule has 2 atom stereocenters. The third-order valence-corrected chi connectivity index (χ3v) is 4.88. The molecular formula is C21H26N2O. The Morgan fingerprint density at radius 3 is 2.08 bits per heavy atom. The number of aryl methyl sites for hydroxylation is 2. The van der Waals surface area contributed by atoms with Crippen LogP contribution >= 0.6 is 0 Å². The van der Waals surface area contributed by atoms with Crippen molar-refractivity contribution in [3.8, 4) is 0 Å². The van der Waals surface area contributed by atoms with Crippen molar-refractivity contribution in [2.75, 3.05) is 0 Å². The van der Waals surface area contributed by atoms with Gasteiger partial charge in [-0.1, -0.05) is 59.7 Å². The number of amides is 1. The van der Waals surface area contributed by atoms with Gasteiger partial charge in [0.05, 0.1) is 6.04 Å². The lowest BCUT2D eigenvalue weighted by atomic mass is 9.95. The van der Waals surface area contributed by atoms with Gasteiger partial charge in [0.15, 0.2) is 0 Å². The average molecular weight is 322 g/mol. The largest absolute Gasteiger partial charge is 0.345 e. The third kappa shape index (κ3) is 3.85. The SMILES string of the molecule is Cc1cccc(C(NC(=O)C2CCC(N)C2)c2cccc(C)c2)c1. The van der Waals surface area contributed by atoms with Crippen LogP contribution in [0.2, 0.25) is 0 Å². The molecule has 2 unspecified atom stereocenters. The summed E-state index contributed by atoms with van der Waals surface area (Å²) >= 11 is 0. The van der Waals surface area contributed by atoms with E-state index in [-0.39, 0.29) is 23.9 Å². The first-order valence-corrected chi connectivity index (χ1v) is 8.72. The van der Waals surface area contributed by atoms with Crippen molar-refractivity contribution in [1.82, 2.24) is 5.32 Å². The van der Waals surface area contributed by atoms with Gasteiger partial charge in [0.2, 0.25) is 5.91 Å². The summed E-state index contributed by atoms with van der Waals surface area (Å²) in [6.07, 6.45) is 2.62. The lowest BCUT2D eigenvalue weighted by Gasteiger charge is -2.23. The standard InChI is InChI=1S/C21H26N2O/c1-14-5-3-7-16(11-14)20(17-8-4-6-15(2)12-17)23-21(24)18-9-10-19(22)13-18/h3-8,11-12,18-20H,9-10,13,22H2,1-2H3,(H,23,24). The zero-order valence-corrected chi connectivity index (χ0v) is 14.5. The molecule has 1 aliphatic rings. The molecule has 2 aromatic carbocycles. The van der Waals surface area contributed by atoms with Gasteiger partial charge < -0.3 is 11.1 Å². The Kier molecular flexibility index (Phi) is 5.00. The Labute approximate surface area is 144 Å². The Hall–Kier alpha value is -2.13. The summed E-state index contributed by atoms with van der Waals surface area (Å²) in [6.45, 7) is 4.16. The van der Waals surface area contributed by atoms with Gasteiger partial charge in [-0.3, -0.25) is 4.79 Å². The van der Waals surface area contributed by atoms with Crippen LogP contribution in [0.15, 0.2) is 48.5 Å². The highest BCUT2D eigenvalue weighted by Gasteiger charge is 2.29. The first-order chi connectivity index (χ1) is 11.5. The number of benzene rings is 2. The molecule has 0 spiro atoms. The predicted octanol–water partition coefficient (Wildman–Crippen LogP) is 3.64. The van der Waals surface area contributed by atoms with Crippen molar-refractivity contribution in [3.63, 3.8) is 0 Å². The summed E-state index contributed by atoms with van der Waals surface area (Å²) in [7, 11) is 0. The fraction of sp³-hybridized carbons (Fsp3) is 0.381. The Balaban J connectivity index is 1.89. The summed E-state index contributed by atoms with van der Waals surface area (Å²) in [4.78, 5) is 12.8. The van der Waals surface area contributed by atoms with Crippen LogP contribution in [0.25, 0.3) is 0 Å². The molecule has 0 heterocycles. The first kappa shape index (κ1) is 16.7. The van der Waals surface area contributed by atoms with Crippen LogP contribution in [0, 0.1) is 19.8 Å². The monoisotopic (exact) mass is 322 g/mol. The van der Waals surface area contributed by atoms with Gasteiger partial charge in [-0.05, 0) is 44.2 Å². The molecule has 1 aliphatic carbocycles. The van der Waals surface area contributed by atoms with Crippen molar-refractivity contribution < 1.29 is 4.79 Å². The minimum Gasteiger partial charge on any atom is -0.345 e. The highest BCUT2D eigenvalue weighted by molar-refractivity contribution is 5.80. The third-order valence-electron chi connectivity index (χ3n) is 4.88. The molecule has 0 aliphatic heterocycles. The summed E-state index contributed by atoms with van der Waals surface area (Å²) in [5.41, 5.74) is 10.6. The Morgan fingerprint density at radius 1 is 1.04 bits per heavy atom. The van der Waals surface area contributed by atoms with Crippen molar-refractivity contribution in [2.45, 2.75) is 45.2 Å². The van der Waals surface area contributed by atoms with Crippen molar-refractivity contribution in [3.05, 3.63) is 70.8 Å². The molecule has 3 nitrogen and oxygen atoms in total. The summed E-state index contributed by atoms with van der Waals surface area (Å²) < 4.78 is 0. The topological polar surface area (TPSA) is 55.1 Å². The Morgan fingerprint density at radius 2 is 1.62 bits per heavy atom. The molecule has 3 N–H and O–H groups in total. The molecule has 0 aromatic heterocycles. The number of carbonyl (C=O) groups is 1. The lowest BCUT2D eigenvalue weighted by molar-refractivity contribution is -0.125. The smallest absolute Gasteiger partial charge is 0.223 e. The van der Waals surface area contributed by atoms with Crippen LogP contribution in [0.5, 0.6) is 0 Å². The van der Waals surface area contributed by atoms with E-state index in [0.29, 0.717) is 0 Å². The molecule has 1 saturated carbocycles. The van der Waals surface area contributed by atoms with Gasteiger partial charge >= 0.3 is 0 Å². The molecule has 0 bridgehead atoms. The van der Waals surface area contributed by atoms with Crippen LogP contribution in [0.3, 0.4) is 0 Å². The fourth-order valence-corrected chi connectivity index (χ4v) is 3.57. The predicted molar refractivity (Wildman–Crippen MR) is 97.7 cm³/mol. The number of rotatable bonds is 4. The molecule has 0 radical (unpaired) electrons. The number of nitrogens with two attached hydrogens (primary N) is 1. The Bertz CT molecular complexity index is 680. The molecule has 3 heteroatoms. The highest BCUT2D eigenvalue weighted by Crippen LogP contribution is 2.28. The van der Waals surface area contributed by atoms with Gasteiger partial charge in [-0.25, -0.2) is 0 Å². The molecular weight excluding hydrogens is 296 g/mol. The number of hydrogen-bond donors (Lipinski definition) is 2. The van der Waals surface area contributed by atoms with Crippen LogP contribution in [-0.4, -0.2) is 11.9 Å². The first-order valence-electron chi connectivity index (χ1n) is 8.72. The van der Waals surface area contributed by atoms with Gasteiger partial charge in [-0.2, -0.15) is 0 Å². The van der Waals surface area contributed by atoms with E-state index in [9.17, 15) is 4.79 Å². The average Bonchev–Trinajstić information content (AvgIpc) is 2.99. The molecule has 24 heavy (non-hydrogen) atoms. The summed E-state index contributed by atoms with van der Waals surface area (Å²) in [5, 5.41) is 3.27. The number of hydrogen-bond acceptors (Lipinski definition) is 2. The van der Waals surface area contributed by atoms with Crippen LogP contribution in [-0.2, 0) is 4.79 Å². The van der Waals surface area contributed by atoms with E-state index >= 15 is 0 Å². The minimum atomic E-state index is -0.117. The van der Waals surface area contributed by atoms with Crippen LogP contribution < -0.4 is 11.1 Å². The van der Waals surface area contributed by atoms with E-state index in [1.807, 2.05) is 12.1 Å². The zero-order valence-electron chi connectivity index (χ0n) is 14.5. The van der Waals surface area contributed by atoms with Gasteiger partial charge in [0.25, 0.3) is 0 Å². The molecule has 126 valence electrons. The second kappa shape index (κ2) is 7.18. The molecule has 1 amide bonds. The maximum absolute atomic E-state index is 12.8. The van der Waals surface area contributed by atoms with E-state index in [4.69, 9.17) is 5.73 Å². The second-order valence-corrected chi connectivity index (χ2v) is 7.04. The van der Waals surface area contributed by atoms with Crippen LogP contribution in [0.4, 0.5) is 0 Å². The molecule has 1 fully saturated rings. The molecule has 3 rings (SSSR count). The minimum absolute atomic E-state index is 0.0390. The van der Waals surface area contributed by atoms with Crippen molar-refractivity contribution >= 4 is 5.91 Å². The number of nitrogens with one attached hydrogen (secondary N) is 1. The zero-order chi connectivity index (χ0) is 17.1.